The van der Waals surface area contributed by atoms with Crippen molar-refractivity contribution in [1.29, 1.82) is 0 Å². The van der Waals surface area contributed by atoms with E-state index >= 15 is 0 Å². The lowest BCUT2D eigenvalue weighted by Gasteiger charge is -2.38. The minimum absolute atomic E-state index is 0.166. The summed E-state index contributed by atoms with van der Waals surface area (Å²) in [5, 5.41) is 3.52. The van der Waals surface area contributed by atoms with Gasteiger partial charge in [0.2, 0.25) is 0 Å². The van der Waals surface area contributed by atoms with Crippen LogP contribution in [0.25, 0.3) is 0 Å². The van der Waals surface area contributed by atoms with Crippen LogP contribution in [-0.2, 0) is 6.18 Å². The highest BCUT2D eigenvalue weighted by atomic mass is 79.9. The number of anilines is 1. The first-order valence-corrected chi connectivity index (χ1v) is 7.99. The summed E-state index contributed by atoms with van der Waals surface area (Å²) in [4.78, 5) is 1.82. The molecule has 2 atom stereocenters. The number of alkyl halides is 3. The molecule has 0 spiro atoms. The molecule has 3 rings (SSSR count). The first-order valence-electron chi connectivity index (χ1n) is 7.20. The van der Waals surface area contributed by atoms with Crippen LogP contribution in [0.4, 0.5) is 18.9 Å². The summed E-state index contributed by atoms with van der Waals surface area (Å²) in [5.41, 5.74) is -0.290. The summed E-state index contributed by atoms with van der Waals surface area (Å²) in [6.07, 6.45) is -0.219. The zero-order valence-corrected chi connectivity index (χ0v) is 13.3. The van der Waals surface area contributed by atoms with Crippen molar-refractivity contribution in [2.24, 2.45) is 0 Å². The van der Waals surface area contributed by atoms with Crippen molar-refractivity contribution in [2.45, 2.75) is 50.0 Å². The summed E-state index contributed by atoms with van der Waals surface area (Å²) >= 11 is 3.29. The van der Waals surface area contributed by atoms with Crippen molar-refractivity contribution in [3.8, 4) is 0 Å². The lowest BCUT2D eigenvalue weighted by Crippen LogP contribution is -2.47. The van der Waals surface area contributed by atoms with Crippen LogP contribution in [0.15, 0.2) is 22.7 Å². The number of nitrogens with one attached hydrogen (secondary N) is 1. The predicted octanol–water partition coefficient (Wildman–Crippen LogP) is 4.19. The summed E-state index contributed by atoms with van der Waals surface area (Å²) in [6.45, 7) is 0. The van der Waals surface area contributed by atoms with Crippen LogP contribution < -0.4 is 10.2 Å². The molecule has 2 saturated heterocycles. The normalized spacial score (nSPS) is 28.7. The van der Waals surface area contributed by atoms with Crippen LogP contribution in [0.2, 0.25) is 0 Å². The summed E-state index contributed by atoms with van der Waals surface area (Å²) in [6, 6.07) is 5.26. The molecule has 0 amide bonds. The third kappa shape index (κ3) is 3.06. The molecule has 0 radical (unpaired) electrons. The van der Waals surface area contributed by atoms with Gasteiger partial charge in [-0.15, -0.1) is 0 Å². The Morgan fingerprint density at radius 3 is 2.38 bits per heavy atom. The average molecular weight is 363 g/mol. The second kappa shape index (κ2) is 5.47. The molecule has 2 aliphatic rings. The molecule has 1 aromatic rings. The van der Waals surface area contributed by atoms with Crippen molar-refractivity contribution in [3.63, 3.8) is 0 Å². The number of halogens is 4. The molecule has 116 valence electrons. The van der Waals surface area contributed by atoms with E-state index in [1.165, 1.54) is 6.07 Å². The molecule has 1 aromatic carbocycles. The van der Waals surface area contributed by atoms with Crippen LogP contribution in [0.3, 0.4) is 0 Å². The Kier molecular flexibility index (Phi) is 3.94. The van der Waals surface area contributed by atoms with E-state index < -0.39 is 11.7 Å². The second-order valence-corrected chi connectivity index (χ2v) is 6.95. The number of fused-ring (bicyclic) bond motifs is 2. The zero-order valence-electron chi connectivity index (χ0n) is 11.8. The van der Waals surface area contributed by atoms with Gasteiger partial charge in [0.15, 0.2) is 0 Å². The van der Waals surface area contributed by atoms with Crippen LogP contribution in [0.1, 0.15) is 31.2 Å². The molecule has 21 heavy (non-hydrogen) atoms. The van der Waals surface area contributed by atoms with E-state index in [4.69, 9.17) is 0 Å². The number of piperidine rings is 1. The molecule has 2 bridgehead atoms. The third-order valence-corrected chi connectivity index (χ3v) is 5.13. The zero-order chi connectivity index (χ0) is 15.2. The molecular formula is C15H18BrF3N2. The average Bonchev–Trinajstić information content (AvgIpc) is 2.75. The Hall–Kier alpha value is -0.750. The van der Waals surface area contributed by atoms with E-state index in [-0.39, 0.29) is 11.7 Å². The minimum atomic E-state index is -4.32. The molecule has 0 saturated carbocycles. The van der Waals surface area contributed by atoms with Crippen molar-refractivity contribution < 1.29 is 13.2 Å². The molecule has 2 fully saturated rings. The van der Waals surface area contributed by atoms with E-state index in [0.29, 0.717) is 16.6 Å². The maximum absolute atomic E-state index is 13.2. The van der Waals surface area contributed by atoms with Gasteiger partial charge in [0.25, 0.3) is 0 Å². The van der Waals surface area contributed by atoms with Gasteiger partial charge >= 0.3 is 6.18 Å². The largest absolute Gasteiger partial charge is 0.418 e. The topological polar surface area (TPSA) is 15.3 Å². The Morgan fingerprint density at radius 1 is 1.19 bits per heavy atom. The summed E-state index contributed by atoms with van der Waals surface area (Å²) in [7, 11) is 1.78. The van der Waals surface area contributed by atoms with E-state index in [1.807, 2.05) is 4.90 Å². The highest BCUT2D eigenvalue weighted by molar-refractivity contribution is 9.10. The van der Waals surface area contributed by atoms with Gasteiger partial charge in [0.05, 0.1) is 11.3 Å². The van der Waals surface area contributed by atoms with Gasteiger partial charge in [-0.3, -0.25) is 0 Å². The fraction of sp³-hybridized carbons (Fsp3) is 0.600. The number of benzene rings is 1. The van der Waals surface area contributed by atoms with E-state index in [2.05, 4.69) is 21.2 Å². The van der Waals surface area contributed by atoms with Crippen molar-refractivity contribution in [1.82, 2.24) is 5.32 Å². The maximum Gasteiger partial charge on any atom is 0.418 e. The SMILES string of the molecule is CN(c1cc(Br)ccc1C(F)(F)F)C1CC2CCC(C1)N2. The standard InChI is InChI=1S/C15H18BrF3N2/c1-21(12-7-10-3-4-11(8-12)20-10)14-6-9(16)2-5-13(14)15(17,18)19/h2,5-6,10-12,20H,3-4,7-8H2,1H3. The van der Waals surface area contributed by atoms with Crippen molar-refractivity contribution in [3.05, 3.63) is 28.2 Å². The highest BCUT2D eigenvalue weighted by Crippen LogP contribution is 2.40. The quantitative estimate of drug-likeness (QED) is 0.848. The third-order valence-electron chi connectivity index (χ3n) is 4.64. The summed E-state index contributed by atoms with van der Waals surface area (Å²) < 4.78 is 40.3. The second-order valence-electron chi connectivity index (χ2n) is 6.03. The van der Waals surface area contributed by atoms with Gasteiger partial charge in [0.1, 0.15) is 0 Å². The lowest BCUT2D eigenvalue weighted by atomic mass is 9.97. The van der Waals surface area contributed by atoms with Crippen LogP contribution in [0, 0.1) is 0 Å². The fourth-order valence-electron chi connectivity index (χ4n) is 3.58. The Morgan fingerprint density at radius 2 is 1.81 bits per heavy atom. The van der Waals surface area contributed by atoms with E-state index in [0.717, 1.165) is 31.7 Å². The summed E-state index contributed by atoms with van der Waals surface area (Å²) in [5.74, 6) is 0. The number of nitrogens with zero attached hydrogens (tertiary/aromatic N) is 1. The van der Waals surface area contributed by atoms with Gasteiger partial charge in [-0.1, -0.05) is 15.9 Å². The molecule has 0 aromatic heterocycles. The Bertz CT molecular complexity index is 520. The molecule has 2 heterocycles. The molecule has 6 heteroatoms. The van der Waals surface area contributed by atoms with Crippen LogP contribution in [-0.4, -0.2) is 25.2 Å². The van der Waals surface area contributed by atoms with Gasteiger partial charge in [-0.05, 0) is 43.9 Å². The first-order chi connectivity index (χ1) is 9.84. The smallest absolute Gasteiger partial charge is 0.371 e. The van der Waals surface area contributed by atoms with Gasteiger partial charge < -0.3 is 10.2 Å². The molecular weight excluding hydrogens is 345 g/mol. The molecule has 1 N–H and O–H groups in total. The minimum Gasteiger partial charge on any atom is -0.371 e. The van der Waals surface area contributed by atoms with Gasteiger partial charge in [-0.25, -0.2) is 0 Å². The molecule has 2 aliphatic heterocycles. The lowest BCUT2D eigenvalue weighted by molar-refractivity contribution is -0.137. The van der Waals surface area contributed by atoms with Gasteiger partial charge in [-0.2, -0.15) is 13.2 Å². The Labute approximate surface area is 130 Å². The maximum atomic E-state index is 13.2. The molecule has 2 unspecified atom stereocenters. The molecule has 0 aliphatic carbocycles. The number of rotatable bonds is 2. The number of hydrogen-bond donors (Lipinski definition) is 1. The van der Waals surface area contributed by atoms with Crippen molar-refractivity contribution >= 4 is 21.6 Å². The first kappa shape index (κ1) is 15.2. The van der Waals surface area contributed by atoms with Crippen molar-refractivity contribution in [2.75, 3.05) is 11.9 Å². The molecule has 2 nitrogen and oxygen atoms in total. The van der Waals surface area contributed by atoms with Gasteiger partial charge in [0, 0.05) is 29.6 Å². The monoisotopic (exact) mass is 362 g/mol. The van der Waals surface area contributed by atoms with E-state index in [1.54, 1.807) is 13.1 Å². The highest BCUT2D eigenvalue weighted by Gasteiger charge is 2.39. The Balaban J connectivity index is 1.90. The van der Waals surface area contributed by atoms with Crippen LogP contribution >= 0.6 is 15.9 Å². The van der Waals surface area contributed by atoms with Crippen LogP contribution in [0.5, 0.6) is 0 Å². The van der Waals surface area contributed by atoms with E-state index in [9.17, 15) is 13.2 Å². The fourth-order valence-corrected chi connectivity index (χ4v) is 3.93. The number of hydrogen-bond acceptors (Lipinski definition) is 2. The predicted molar refractivity (Wildman–Crippen MR) is 80.5 cm³/mol.